The second-order valence-corrected chi connectivity index (χ2v) is 8.20. The summed E-state index contributed by atoms with van der Waals surface area (Å²) in [6.45, 7) is 3.21. The summed E-state index contributed by atoms with van der Waals surface area (Å²) in [5.74, 6) is 0.262. The third kappa shape index (κ3) is 6.17. The molecule has 1 saturated heterocycles. The van der Waals surface area contributed by atoms with Gasteiger partial charge in [0, 0.05) is 38.5 Å². The van der Waals surface area contributed by atoms with Gasteiger partial charge in [-0.3, -0.25) is 10.1 Å². The summed E-state index contributed by atoms with van der Waals surface area (Å²) in [5.41, 5.74) is 3.58. The maximum Gasteiger partial charge on any atom is 0.409 e. The van der Waals surface area contributed by atoms with Gasteiger partial charge in [0.05, 0.1) is 5.69 Å². The molecule has 1 heterocycles. The van der Waals surface area contributed by atoms with Crippen molar-refractivity contribution in [1.29, 1.82) is 0 Å². The molecule has 0 aliphatic carbocycles. The van der Waals surface area contributed by atoms with Gasteiger partial charge in [-0.25, -0.2) is 4.79 Å². The lowest BCUT2D eigenvalue weighted by molar-refractivity contribution is -0.131. The molecule has 0 atom stereocenters. The van der Waals surface area contributed by atoms with Crippen LogP contribution < -0.4 is 5.32 Å². The smallest absolute Gasteiger partial charge is 0.409 e. The van der Waals surface area contributed by atoms with Gasteiger partial charge in [-0.1, -0.05) is 48.5 Å². The van der Waals surface area contributed by atoms with E-state index in [4.69, 9.17) is 0 Å². The van der Waals surface area contributed by atoms with Crippen molar-refractivity contribution in [3.8, 4) is 11.1 Å². The van der Waals surface area contributed by atoms with E-state index < -0.39 is 6.09 Å². The lowest BCUT2D eigenvalue weighted by atomic mass is 9.86. The van der Waals surface area contributed by atoms with Crippen molar-refractivity contribution in [2.75, 3.05) is 38.5 Å². The number of rotatable bonds is 9. The third-order valence-corrected chi connectivity index (χ3v) is 6.09. The molecule has 2 aromatic carbocycles. The minimum Gasteiger partial charge on any atom is -0.465 e. The molecule has 1 aliphatic heterocycles. The summed E-state index contributed by atoms with van der Waals surface area (Å²) in [4.78, 5) is 38.0. The molecule has 170 valence electrons. The molecule has 1 aliphatic rings. The van der Waals surface area contributed by atoms with E-state index in [1.54, 1.807) is 11.9 Å². The molecule has 32 heavy (non-hydrogen) atoms. The number of anilines is 1. The van der Waals surface area contributed by atoms with Crippen LogP contribution in [-0.4, -0.2) is 66.4 Å². The standard InChI is InChI=1S/C25H31N3O4/c1-27(23(30)11-6-18-29)16-17-28-14-12-20(13-15-28)22-10-5-9-21(24(22)26-25(31)32)19-7-3-2-4-8-19/h2-5,7-10,18,20,26H,6,11-17H2,1H3,(H,31,32). The largest absolute Gasteiger partial charge is 0.465 e. The van der Waals surface area contributed by atoms with Crippen molar-refractivity contribution in [3.05, 3.63) is 54.1 Å². The Morgan fingerprint density at radius 2 is 1.84 bits per heavy atom. The Hall–Kier alpha value is -3.19. The van der Waals surface area contributed by atoms with Gasteiger partial charge in [-0.2, -0.15) is 0 Å². The molecule has 0 unspecified atom stereocenters. The molecule has 7 heteroatoms. The highest BCUT2D eigenvalue weighted by molar-refractivity contribution is 5.92. The number of para-hydroxylation sites is 1. The second kappa shape index (κ2) is 11.4. The normalized spacial score (nSPS) is 14.7. The molecular weight excluding hydrogens is 406 g/mol. The lowest BCUT2D eigenvalue weighted by Crippen LogP contribution is -2.40. The summed E-state index contributed by atoms with van der Waals surface area (Å²) in [7, 11) is 1.78. The van der Waals surface area contributed by atoms with E-state index in [1.807, 2.05) is 48.5 Å². The minimum absolute atomic E-state index is 0.00546. The maximum absolute atomic E-state index is 12.0. The number of carbonyl (C=O) groups excluding carboxylic acids is 2. The molecule has 0 radical (unpaired) electrons. The predicted molar refractivity (Wildman–Crippen MR) is 125 cm³/mol. The monoisotopic (exact) mass is 437 g/mol. The Morgan fingerprint density at radius 1 is 1.12 bits per heavy atom. The molecule has 3 rings (SSSR count). The molecule has 2 amide bonds. The van der Waals surface area contributed by atoms with Gasteiger partial charge in [-0.15, -0.1) is 0 Å². The summed E-state index contributed by atoms with van der Waals surface area (Å²) in [6.07, 6.45) is 2.10. The molecule has 2 N–H and O–H groups in total. The van der Waals surface area contributed by atoms with Crippen LogP contribution in [0.3, 0.4) is 0 Å². The molecule has 0 bridgehead atoms. The number of aldehydes is 1. The zero-order chi connectivity index (χ0) is 22.9. The number of nitrogens with one attached hydrogen (secondary N) is 1. The van der Waals surface area contributed by atoms with E-state index in [-0.39, 0.29) is 24.7 Å². The van der Waals surface area contributed by atoms with E-state index in [2.05, 4.69) is 10.2 Å². The average Bonchev–Trinajstić information content (AvgIpc) is 2.81. The topological polar surface area (TPSA) is 89.9 Å². The summed E-state index contributed by atoms with van der Waals surface area (Å²) >= 11 is 0. The van der Waals surface area contributed by atoms with Crippen LogP contribution in [0.1, 0.15) is 37.2 Å². The van der Waals surface area contributed by atoms with E-state index >= 15 is 0 Å². The first-order valence-corrected chi connectivity index (χ1v) is 11.1. The molecule has 0 saturated carbocycles. The number of piperidine rings is 1. The van der Waals surface area contributed by atoms with Crippen LogP contribution in [0.25, 0.3) is 11.1 Å². The lowest BCUT2D eigenvalue weighted by Gasteiger charge is -2.34. The Kier molecular flexibility index (Phi) is 8.39. The van der Waals surface area contributed by atoms with E-state index in [9.17, 15) is 19.5 Å². The quantitative estimate of drug-likeness (QED) is 0.578. The highest BCUT2D eigenvalue weighted by atomic mass is 16.4. The van der Waals surface area contributed by atoms with Gasteiger partial charge in [0.25, 0.3) is 0 Å². The number of amides is 2. The first-order chi connectivity index (χ1) is 15.5. The van der Waals surface area contributed by atoms with E-state index in [0.29, 0.717) is 12.2 Å². The molecule has 2 aromatic rings. The summed E-state index contributed by atoms with van der Waals surface area (Å²) in [5, 5.41) is 12.1. The van der Waals surface area contributed by atoms with Crippen LogP contribution in [0, 0.1) is 0 Å². The van der Waals surface area contributed by atoms with Gasteiger partial charge in [0.1, 0.15) is 6.29 Å². The van der Waals surface area contributed by atoms with E-state index in [1.165, 1.54) is 0 Å². The minimum atomic E-state index is -1.06. The van der Waals surface area contributed by atoms with Crippen LogP contribution in [0.2, 0.25) is 0 Å². The number of benzene rings is 2. The third-order valence-electron chi connectivity index (χ3n) is 6.09. The number of likely N-dealkylation sites (tertiary alicyclic amines) is 1. The van der Waals surface area contributed by atoms with Crippen LogP contribution in [0.5, 0.6) is 0 Å². The van der Waals surface area contributed by atoms with Crippen LogP contribution in [0.15, 0.2) is 48.5 Å². The van der Waals surface area contributed by atoms with Gasteiger partial charge in [-0.05, 0) is 43.0 Å². The molecule has 0 spiro atoms. The Balaban J connectivity index is 1.65. The fourth-order valence-electron chi connectivity index (χ4n) is 4.27. The van der Waals surface area contributed by atoms with Crippen LogP contribution in [0.4, 0.5) is 10.5 Å². The Labute approximate surface area is 189 Å². The fraction of sp³-hybridized carbons (Fsp3) is 0.400. The molecule has 1 fully saturated rings. The van der Waals surface area contributed by atoms with Crippen molar-refractivity contribution in [2.24, 2.45) is 0 Å². The Morgan fingerprint density at radius 3 is 2.50 bits per heavy atom. The molecule has 7 nitrogen and oxygen atoms in total. The first kappa shape index (κ1) is 23.5. The SMILES string of the molecule is CN(CCN1CCC(c2cccc(-c3ccccc3)c2NC(=O)O)CC1)C(=O)CCC=O. The van der Waals surface area contributed by atoms with Crippen molar-refractivity contribution in [3.63, 3.8) is 0 Å². The van der Waals surface area contributed by atoms with Gasteiger partial charge in [0.15, 0.2) is 0 Å². The highest BCUT2D eigenvalue weighted by Crippen LogP contribution is 2.38. The average molecular weight is 438 g/mol. The highest BCUT2D eigenvalue weighted by Gasteiger charge is 2.25. The van der Waals surface area contributed by atoms with E-state index in [0.717, 1.165) is 55.5 Å². The summed E-state index contributed by atoms with van der Waals surface area (Å²) < 4.78 is 0. The second-order valence-electron chi connectivity index (χ2n) is 8.20. The summed E-state index contributed by atoms with van der Waals surface area (Å²) in [6, 6.07) is 15.8. The number of nitrogens with zero attached hydrogens (tertiary/aromatic N) is 2. The number of likely N-dealkylation sites (N-methyl/N-ethyl adjacent to an activating group) is 1. The number of carbonyl (C=O) groups is 3. The maximum atomic E-state index is 12.0. The van der Waals surface area contributed by atoms with Crippen LogP contribution in [-0.2, 0) is 9.59 Å². The van der Waals surface area contributed by atoms with Crippen LogP contribution >= 0.6 is 0 Å². The molecule has 0 aromatic heterocycles. The Bertz CT molecular complexity index is 924. The predicted octanol–water partition coefficient (Wildman–Crippen LogP) is 4.06. The zero-order valence-electron chi connectivity index (χ0n) is 18.5. The van der Waals surface area contributed by atoms with Gasteiger partial charge < -0.3 is 19.7 Å². The van der Waals surface area contributed by atoms with Crippen molar-refractivity contribution >= 4 is 24.0 Å². The molecular formula is C25H31N3O4. The van der Waals surface area contributed by atoms with Gasteiger partial charge in [0.2, 0.25) is 5.91 Å². The fourth-order valence-corrected chi connectivity index (χ4v) is 4.27. The van der Waals surface area contributed by atoms with Crippen molar-refractivity contribution in [1.82, 2.24) is 9.80 Å². The number of carboxylic acid groups (broad SMARTS) is 1. The number of hydrogen-bond donors (Lipinski definition) is 2. The zero-order valence-corrected chi connectivity index (χ0v) is 18.5. The van der Waals surface area contributed by atoms with Crippen molar-refractivity contribution in [2.45, 2.75) is 31.6 Å². The van der Waals surface area contributed by atoms with Gasteiger partial charge >= 0.3 is 6.09 Å². The first-order valence-electron chi connectivity index (χ1n) is 11.1. The van der Waals surface area contributed by atoms with Crippen molar-refractivity contribution < 1.29 is 19.5 Å². The number of hydrogen-bond acceptors (Lipinski definition) is 4.